The molecule has 0 radical (unpaired) electrons. The van der Waals surface area contributed by atoms with E-state index < -0.39 is 18.0 Å². The molecule has 0 fully saturated rings. The average molecular weight is 526 g/mol. The van der Waals surface area contributed by atoms with Crippen molar-refractivity contribution in [3.05, 3.63) is 64.3 Å². The molecule has 8 nitrogen and oxygen atoms in total. The Balaban J connectivity index is 0.000000466. The number of carbonyl (C=O) groups excluding carboxylic acids is 2. The van der Waals surface area contributed by atoms with Gasteiger partial charge in [0.15, 0.2) is 10.8 Å². The van der Waals surface area contributed by atoms with Gasteiger partial charge in [-0.15, -0.1) is 22.9 Å². The molecule has 11 heteroatoms. The number of aliphatic carboxylic acids is 2. The summed E-state index contributed by atoms with van der Waals surface area (Å²) in [6, 6.07) is 7.63. The van der Waals surface area contributed by atoms with Crippen molar-refractivity contribution in [1.29, 1.82) is 0 Å². The summed E-state index contributed by atoms with van der Waals surface area (Å²) in [5.74, 6) is -2.88. The number of thiophene rings is 1. The van der Waals surface area contributed by atoms with Crippen LogP contribution in [0.3, 0.4) is 0 Å². The number of ketones is 1. The number of alkyl halides is 1. The minimum Gasteiger partial charge on any atom is -0.478 e. The van der Waals surface area contributed by atoms with Crippen molar-refractivity contribution in [3.63, 3.8) is 0 Å². The van der Waals surface area contributed by atoms with E-state index in [-0.39, 0.29) is 17.6 Å². The number of hydrogen-bond donors (Lipinski definition) is 2. The fraction of sp³-hybridized carbons (Fsp3) is 0.333. The van der Waals surface area contributed by atoms with Crippen molar-refractivity contribution in [3.8, 4) is 5.06 Å². The van der Waals surface area contributed by atoms with E-state index in [1.165, 1.54) is 24.3 Å². The summed E-state index contributed by atoms with van der Waals surface area (Å²) in [5.41, 5.74) is 1.42. The van der Waals surface area contributed by atoms with Gasteiger partial charge in [-0.1, -0.05) is 18.2 Å². The molecule has 0 amide bonds. The van der Waals surface area contributed by atoms with E-state index in [0.29, 0.717) is 54.6 Å². The standard InChI is InChI=1S/C20H21ClFNO3S.C4H4O4/c1-13(24)26-19-11-14-12-23(10-8-18(14)27-19)20(17(25)7-4-9-21)15-5-2-3-6-16(15)22;5-3(6)1-2-4(7)8/h2-3,5-6,11,20H,4,7-10,12H2,1H3;1-2H,(H,5,6)(H,7,8). The second kappa shape index (κ2) is 13.7. The van der Waals surface area contributed by atoms with Gasteiger partial charge in [0.2, 0.25) is 0 Å². The van der Waals surface area contributed by atoms with Crippen LogP contribution in [0.1, 0.15) is 41.8 Å². The fourth-order valence-corrected chi connectivity index (χ4v) is 4.72. The lowest BCUT2D eigenvalue weighted by Crippen LogP contribution is -2.38. The number of hydrogen-bond acceptors (Lipinski definition) is 7. The van der Waals surface area contributed by atoms with Crippen LogP contribution in [0.5, 0.6) is 5.06 Å². The van der Waals surface area contributed by atoms with E-state index in [9.17, 15) is 23.6 Å². The molecule has 188 valence electrons. The molecule has 3 rings (SSSR count). The molecule has 2 N–H and O–H groups in total. The van der Waals surface area contributed by atoms with Crippen LogP contribution in [0.15, 0.2) is 42.5 Å². The number of rotatable bonds is 9. The second-order valence-corrected chi connectivity index (χ2v) is 9.00. The molecule has 1 aromatic heterocycles. The first-order valence-electron chi connectivity index (χ1n) is 10.6. The number of halogens is 2. The number of benzene rings is 1. The summed E-state index contributed by atoms with van der Waals surface area (Å²) < 4.78 is 19.6. The number of fused-ring (bicyclic) bond motifs is 1. The minimum atomic E-state index is -1.26. The lowest BCUT2D eigenvalue weighted by Gasteiger charge is -2.34. The molecule has 2 aromatic rings. The second-order valence-electron chi connectivity index (χ2n) is 7.52. The highest BCUT2D eigenvalue weighted by Crippen LogP contribution is 2.37. The average Bonchev–Trinajstić information content (AvgIpc) is 3.19. The van der Waals surface area contributed by atoms with Crippen LogP contribution in [0.2, 0.25) is 0 Å². The van der Waals surface area contributed by atoms with E-state index in [1.807, 2.05) is 11.0 Å². The van der Waals surface area contributed by atoms with Crippen LogP contribution in [-0.4, -0.2) is 51.2 Å². The zero-order chi connectivity index (χ0) is 26.0. The van der Waals surface area contributed by atoms with Crippen molar-refractivity contribution in [2.45, 2.75) is 38.8 Å². The van der Waals surface area contributed by atoms with Crippen molar-refractivity contribution in [2.24, 2.45) is 0 Å². The minimum absolute atomic E-state index is 0.0281. The Morgan fingerprint density at radius 1 is 1.20 bits per heavy atom. The molecule has 35 heavy (non-hydrogen) atoms. The first kappa shape index (κ1) is 28.2. The van der Waals surface area contributed by atoms with Gasteiger partial charge in [0, 0.05) is 54.9 Å². The highest BCUT2D eigenvalue weighted by molar-refractivity contribution is 7.14. The zero-order valence-electron chi connectivity index (χ0n) is 18.9. The molecule has 0 aliphatic carbocycles. The largest absolute Gasteiger partial charge is 0.478 e. The Labute approximate surface area is 210 Å². The van der Waals surface area contributed by atoms with Crippen LogP contribution >= 0.6 is 22.9 Å². The predicted octanol–water partition coefficient (Wildman–Crippen LogP) is 4.21. The lowest BCUT2D eigenvalue weighted by atomic mass is 9.95. The SMILES string of the molecule is CC(=O)Oc1cc2c(s1)CCN(C(C(=O)CCCCl)c1ccccc1F)C2.O=C(O)C=CC(=O)O. The van der Waals surface area contributed by atoms with Gasteiger partial charge in [0.05, 0.1) is 6.04 Å². The van der Waals surface area contributed by atoms with Crippen molar-refractivity contribution >= 4 is 46.6 Å². The molecule has 1 atom stereocenters. The lowest BCUT2D eigenvalue weighted by molar-refractivity contribution is -0.134. The Kier molecular flexibility index (Phi) is 11.0. The molecule has 1 aromatic carbocycles. The van der Waals surface area contributed by atoms with Gasteiger partial charge in [0.25, 0.3) is 0 Å². The van der Waals surface area contributed by atoms with E-state index in [2.05, 4.69) is 0 Å². The third-order valence-electron chi connectivity index (χ3n) is 4.91. The summed E-state index contributed by atoms with van der Waals surface area (Å²) in [7, 11) is 0. The molecule has 1 aliphatic heterocycles. The highest BCUT2D eigenvalue weighted by Gasteiger charge is 2.32. The maximum atomic E-state index is 14.5. The maximum Gasteiger partial charge on any atom is 0.328 e. The number of carboxylic acid groups (broad SMARTS) is 2. The smallest absolute Gasteiger partial charge is 0.328 e. The van der Waals surface area contributed by atoms with Crippen molar-refractivity contribution < 1.29 is 38.5 Å². The van der Waals surface area contributed by atoms with Gasteiger partial charge in [0.1, 0.15) is 5.82 Å². The van der Waals surface area contributed by atoms with Crippen LogP contribution in [0.25, 0.3) is 0 Å². The number of esters is 1. The number of Topliss-reactive ketones (excluding diaryl/α,β-unsaturated/α-hetero) is 1. The molecular weight excluding hydrogens is 501 g/mol. The zero-order valence-corrected chi connectivity index (χ0v) is 20.5. The van der Waals surface area contributed by atoms with Crippen molar-refractivity contribution in [2.75, 3.05) is 12.4 Å². The van der Waals surface area contributed by atoms with Crippen LogP contribution in [0, 0.1) is 5.82 Å². The van der Waals surface area contributed by atoms with E-state index in [4.69, 9.17) is 26.6 Å². The predicted molar refractivity (Wildman–Crippen MR) is 128 cm³/mol. The third-order valence-corrected chi connectivity index (χ3v) is 6.30. The third kappa shape index (κ3) is 8.89. The molecule has 1 aliphatic rings. The first-order chi connectivity index (χ1) is 16.6. The number of ether oxygens (including phenoxy) is 1. The number of carboxylic acids is 2. The van der Waals surface area contributed by atoms with Crippen LogP contribution in [0.4, 0.5) is 4.39 Å². The molecule has 0 spiro atoms. The van der Waals surface area contributed by atoms with Gasteiger partial charge >= 0.3 is 17.9 Å². The van der Waals surface area contributed by atoms with Gasteiger partial charge in [-0.05, 0) is 30.5 Å². The summed E-state index contributed by atoms with van der Waals surface area (Å²) in [6.07, 6.45) is 2.73. The summed E-state index contributed by atoms with van der Waals surface area (Å²) >= 11 is 7.20. The Morgan fingerprint density at radius 3 is 2.43 bits per heavy atom. The van der Waals surface area contributed by atoms with Crippen molar-refractivity contribution in [1.82, 2.24) is 4.90 Å². The van der Waals surface area contributed by atoms with Gasteiger partial charge in [-0.3, -0.25) is 14.5 Å². The maximum absolute atomic E-state index is 14.5. The van der Waals surface area contributed by atoms with E-state index in [1.54, 1.807) is 18.2 Å². The quantitative estimate of drug-likeness (QED) is 0.284. The summed E-state index contributed by atoms with van der Waals surface area (Å²) in [4.78, 5) is 46.3. The van der Waals surface area contributed by atoms with E-state index in [0.717, 1.165) is 16.9 Å². The monoisotopic (exact) mass is 525 g/mol. The Hall–Kier alpha value is -3.08. The fourth-order valence-electron chi connectivity index (χ4n) is 3.53. The molecule has 1 unspecified atom stereocenters. The van der Waals surface area contributed by atoms with Crippen LogP contribution < -0.4 is 4.74 Å². The summed E-state index contributed by atoms with van der Waals surface area (Å²) in [5, 5.41) is 16.2. The van der Waals surface area contributed by atoms with Crippen LogP contribution in [-0.2, 0) is 32.1 Å². The topological polar surface area (TPSA) is 121 Å². The van der Waals surface area contributed by atoms with Gasteiger partial charge in [-0.25, -0.2) is 14.0 Å². The first-order valence-corrected chi connectivity index (χ1v) is 12.0. The molecule has 0 bridgehead atoms. The molecular formula is C24H25ClFNO7S. The summed E-state index contributed by atoms with van der Waals surface area (Å²) in [6.45, 7) is 2.52. The Bertz CT molecular complexity index is 1090. The number of carbonyl (C=O) groups is 4. The highest BCUT2D eigenvalue weighted by atomic mass is 35.5. The normalized spacial score (nSPS) is 13.9. The van der Waals surface area contributed by atoms with Gasteiger partial charge in [-0.2, -0.15) is 0 Å². The number of nitrogens with zero attached hydrogens (tertiary/aromatic N) is 1. The van der Waals surface area contributed by atoms with Gasteiger partial charge < -0.3 is 14.9 Å². The molecule has 0 saturated carbocycles. The van der Waals surface area contributed by atoms with E-state index >= 15 is 0 Å². The molecule has 0 saturated heterocycles. The Morgan fingerprint density at radius 2 is 1.86 bits per heavy atom. The molecule has 2 heterocycles.